The molecule has 0 aliphatic carbocycles. The molecule has 0 spiro atoms. The van der Waals surface area contributed by atoms with E-state index in [0.717, 1.165) is 23.4 Å². The van der Waals surface area contributed by atoms with E-state index >= 15 is 0 Å². The maximum absolute atomic E-state index is 14.7. The highest BCUT2D eigenvalue weighted by Gasteiger charge is 2.53. The van der Waals surface area contributed by atoms with Crippen molar-refractivity contribution in [2.45, 2.75) is 23.1 Å². The van der Waals surface area contributed by atoms with E-state index in [9.17, 15) is 8.78 Å². The minimum Gasteiger partial charge on any atom is -0.368 e. The predicted molar refractivity (Wildman–Crippen MR) is 99.7 cm³/mol. The van der Waals surface area contributed by atoms with Crippen molar-refractivity contribution in [3.8, 4) is 5.40 Å². The number of rotatable bonds is 5. The van der Waals surface area contributed by atoms with E-state index in [1.807, 2.05) is 23.6 Å². The molecule has 4 rings (SSSR count). The molecule has 9 heteroatoms. The lowest BCUT2D eigenvalue weighted by atomic mass is 9.71. The molecule has 1 aliphatic heterocycles. The molecule has 2 atom stereocenters. The number of thioether (sulfide) groups is 1. The van der Waals surface area contributed by atoms with Crippen LogP contribution < -0.4 is 0 Å². The molecule has 1 saturated heterocycles. The third-order valence-electron chi connectivity index (χ3n) is 4.81. The fourth-order valence-corrected chi connectivity index (χ4v) is 4.11. The Balaban J connectivity index is 1.79. The van der Waals surface area contributed by atoms with Crippen LogP contribution in [-0.2, 0) is 16.8 Å². The first-order valence-electron chi connectivity index (χ1n) is 8.34. The van der Waals surface area contributed by atoms with Crippen molar-refractivity contribution in [1.82, 2.24) is 15.2 Å². The smallest absolute Gasteiger partial charge is 0.198 e. The van der Waals surface area contributed by atoms with Gasteiger partial charge in [-0.25, -0.2) is 13.8 Å². The summed E-state index contributed by atoms with van der Waals surface area (Å²) in [6.45, 7) is 0.324. The fraction of sp³-hybridized carbons (Fsp3) is 0.211. The SMILES string of the molecule is N#CSc1nc(C[C@@]2(c3ccc(F)cc3F)OC[C@H]2c2ccccc2Cl)n[nH]1. The Hall–Kier alpha value is -2.47. The van der Waals surface area contributed by atoms with Crippen molar-refractivity contribution in [2.24, 2.45) is 0 Å². The number of nitrogens with zero attached hydrogens (tertiary/aromatic N) is 3. The summed E-state index contributed by atoms with van der Waals surface area (Å²) in [5.41, 5.74) is -0.120. The molecule has 3 aromatic rings. The average Bonchev–Trinajstić information content (AvgIpc) is 3.08. The van der Waals surface area contributed by atoms with Crippen molar-refractivity contribution >= 4 is 23.4 Å². The molecule has 0 amide bonds. The molecule has 0 saturated carbocycles. The number of aromatic nitrogens is 3. The van der Waals surface area contributed by atoms with Gasteiger partial charge < -0.3 is 4.74 Å². The Labute approximate surface area is 168 Å². The van der Waals surface area contributed by atoms with Gasteiger partial charge in [-0.2, -0.15) is 10.4 Å². The molecule has 2 heterocycles. The lowest BCUT2D eigenvalue weighted by Gasteiger charge is -2.50. The van der Waals surface area contributed by atoms with Crippen molar-refractivity contribution in [2.75, 3.05) is 6.61 Å². The Morgan fingerprint density at radius 1 is 1.32 bits per heavy atom. The van der Waals surface area contributed by atoms with Crippen LogP contribution in [0.1, 0.15) is 22.9 Å². The van der Waals surface area contributed by atoms with Crippen molar-refractivity contribution in [1.29, 1.82) is 5.26 Å². The molecule has 1 aromatic heterocycles. The van der Waals surface area contributed by atoms with Crippen LogP contribution in [0.5, 0.6) is 0 Å². The number of nitriles is 1. The molecular weight excluding hydrogens is 406 g/mol. The van der Waals surface area contributed by atoms with E-state index in [0.29, 0.717) is 22.6 Å². The number of thiocyanates is 1. The molecule has 0 unspecified atom stereocenters. The van der Waals surface area contributed by atoms with Crippen LogP contribution in [0.2, 0.25) is 5.02 Å². The summed E-state index contributed by atoms with van der Waals surface area (Å²) in [6, 6.07) is 10.7. The van der Waals surface area contributed by atoms with Gasteiger partial charge in [-0.1, -0.05) is 35.9 Å². The van der Waals surface area contributed by atoms with E-state index in [1.165, 1.54) is 12.1 Å². The standard InChI is InChI=1S/C19H13ClF2N4OS/c20-15-4-2-1-3-12(15)14-9-27-19(14,13-6-5-11(21)7-16(13)22)8-17-24-18(26-25-17)28-10-23/h1-7,14H,8-9H2,(H,24,25,26)/t14-,19-/m0/s1. The zero-order valence-electron chi connectivity index (χ0n) is 14.3. The molecule has 142 valence electrons. The highest BCUT2D eigenvalue weighted by atomic mass is 35.5. The second kappa shape index (κ2) is 7.51. The summed E-state index contributed by atoms with van der Waals surface area (Å²) < 4.78 is 34.2. The average molecular weight is 419 g/mol. The second-order valence-corrected chi connectivity index (χ2v) is 7.51. The Morgan fingerprint density at radius 3 is 2.82 bits per heavy atom. The van der Waals surface area contributed by atoms with Crippen LogP contribution in [0.3, 0.4) is 0 Å². The highest BCUT2D eigenvalue weighted by molar-refractivity contribution is 8.03. The highest BCUT2D eigenvalue weighted by Crippen LogP contribution is 2.52. The maximum Gasteiger partial charge on any atom is 0.198 e. The summed E-state index contributed by atoms with van der Waals surface area (Å²) in [7, 11) is 0. The molecule has 1 aliphatic rings. The van der Waals surface area contributed by atoms with Gasteiger partial charge in [-0.15, -0.1) is 0 Å². The predicted octanol–water partition coefficient (Wildman–Crippen LogP) is 4.56. The third kappa shape index (κ3) is 3.26. The zero-order valence-corrected chi connectivity index (χ0v) is 15.9. The lowest BCUT2D eigenvalue weighted by molar-refractivity contribution is -0.180. The van der Waals surface area contributed by atoms with Gasteiger partial charge in [-0.05, 0) is 17.7 Å². The Morgan fingerprint density at radius 2 is 2.14 bits per heavy atom. The topological polar surface area (TPSA) is 74.6 Å². The van der Waals surface area contributed by atoms with Crippen molar-refractivity contribution in [3.05, 3.63) is 76.1 Å². The van der Waals surface area contributed by atoms with Crippen molar-refractivity contribution < 1.29 is 13.5 Å². The van der Waals surface area contributed by atoms with E-state index in [1.54, 1.807) is 6.07 Å². The van der Waals surface area contributed by atoms with Crippen LogP contribution in [0.4, 0.5) is 8.78 Å². The van der Waals surface area contributed by atoms with Crippen LogP contribution in [-0.4, -0.2) is 21.8 Å². The number of aromatic amines is 1. The second-order valence-electron chi connectivity index (χ2n) is 6.33. The normalized spacial score (nSPS) is 21.1. The molecule has 2 aromatic carbocycles. The number of hydrogen-bond donors (Lipinski definition) is 1. The van der Waals surface area contributed by atoms with Gasteiger partial charge in [0, 0.05) is 40.8 Å². The van der Waals surface area contributed by atoms with Crippen LogP contribution in [0.25, 0.3) is 0 Å². The minimum absolute atomic E-state index is 0.133. The van der Waals surface area contributed by atoms with Crippen LogP contribution in [0.15, 0.2) is 47.6 Å². The molecule has 28 heavy (non-hydrogen) atoms. The van der Waals surface area contributed by atoms with E-state index < -0.39 is 17.2 Å². The molecule has 5 nitrogen and oxygen atoms in total. The summed E-state index contributed by atoms with van der Waals surface area (Å²) in [6.07, 6.45) is 0.133. The van der Waals surface area contributed by atoms with Crippen LogP contribution >= 0.6 is 23.4 Å². The molecule has 0 bridgehead atoms. The van der Waals surface area contributed by atoms with E-state index in [-0.39, 0.29) is 17.9 Å². The summed E-state index contributed by atoms with van der Waals surface area (Å²) in [5, 5.41) is 18.3. The number of nitrogens with one attached hydrogen (secondary N) is 1. The zero-order chi connectivity index (χ0) is 19.7. The Bertz CT molecular complexity index is 1070. The quantitative estimate of drug-likeness (QED) is 0.485. The van der Waals surface area contributed by atoms with Gasteiger partial charge in [-0.3, -0.25) is 5.10 Å². The van der Waals surface area contributed by atoms with E-state index in [4.69, 9.17) is 21.6 Å². The number of H-pyrrole nitrogens is 1. The summed E-state index contributed by atoms with van der Waals surface area (Å²) in [5.74, 6) is -1.29. The van der Waals surface area contributed by atoms with Crippen molar-refractivity contribution in [3.63, 3.8) is 0 Å². The molecule has 1 N–H and O–H groups in total. The number of ether oxygens (including phenoxy) is 1. The van der Waals surface area contributed by atoms with Gasteiger partial charge in [0.15, 0.2) is 11.0 Å². The van der Waals surface area contributed by atoms with Gasteiger partial charge >= 0.3 is 0 Å². The first-order valence-corrected chi connectivity index (χ1v) is 9.54. The van der Waals surface area contributed by atoms with Gasteiger partial charge in [0.2, 0.25) is 0 Å². The number of halogens is 3. The van der Waals surface area contributed by atoms with Gasteiger partial charge in [0.05, 0.1) is 6.61 Å². The monoisotopic (exact) mass is 418 g/mol. The first kappa shape index (κ1) is 18.9. The summed E-state index contributed by atoms with van der Waals surface area (Å²) in [4.78, 5) is 4.25. The first-order chi connectivity index (χ1) is 13.5. The van der Waals surface area contributed by atoms with Crippen LogP contribution in [0, 0.1) is 22.3 Å². The minimum atomic E-state index is -1.14. The molecular formula is C19H13ClF2N4OS. The molecule has 0 radical (unpaired) electrons. The van der Waals surface area contributed by atoms with Gasteiger partial charge in [0.1, 0.15) is 22.6 Å². The largest absolute Gasteiger partial charge is 0.368 e. The Kier molecular flexibility index (Phi) is 5.06. The summed E-state index contributed by atoms with van der Waals surface area (Å²) >= 11 is 7.21. The number of hydrogen-bond acceptors (Lipinski definition) is 5. The fourth-order valence-electron chi connectivity index (χ4n) is 3.52. The lowest BCUT2D eigenvalue weighted by Crippen LogP contribution is -2.51. The molecule has 1 fully saturated rings. The number of benzene rings is 2. The third-order valence-corrected chi connectivity index (χ3v) is 5.62. The maximum atomic E-state index is 14.7. The van der Waals surface area contributed by atoms with E-state index in [2.05, 4.69) is 15.2 Å². The van der Waals surface area contributed by atoms with Gasteiger partial charge in [0.25, 0.3) is 0 Å².